The third-order valence-electron chi connectivity index (χ3n) is 6.64. The molecule has 10 heteroatoms. The Morgan fingerprint density at radius 3 is 2.64 bits per heavy atom. The first kappa shape index (κ1) is 22.9. The highest BCUT2D eigenvalue weighted by atomic mass is 35.5. The Morgan fingerprint density at radius 2 is 1.86 bits per heavy atom. The van der Waals surface area contributed by atoms with Crippen molar-refractivity contribution in [1.29, 1.82) is 0 Å². The Bertz CT molecular complexity index is 1630. The maximum Gasteiger partial charge on any atom is 0.297 e. The zero-order chi connectivity index (χ0) is 25.2. The van der Waals surface area contributed by atoms with Crippen molar-refractivity contribution in [2.24, 2.45) is 0 Å². The van der Waals surface area contributed by atoms with Crippen molar-refractivity contribution < 1.29 is 14.0 Å². The van der Waals surface area contributed by atoms with Crippen LogP contribution in [0.1, 0.15) is 53.4 Å². The highest BCUT2D eigenvalue weighted by Gasteiger charge is 2.66. The minimum Gasteiger partial charge on any atom is -0.450 e. The van der Waals surface area contributed by atoms with Gasteiger partial charge in [-0.1, -0.05) is 55.0 Å². The normalized spacial score (nSPS) is 18.5. The molecule has 2 aromatic heterocycles. The molecule has 0 saturated carbocycles. The third-order valence-corrected chi connectivity index (χ3v) is 7.85. The Balaban J connectivity index is 1.74. The van der Waals surface area contributed by atoms with E-state index in [2.05, 4.69) is 10.2 Å². The Kier molecular flexibility index (Phi) is 5.24. The van der Waals surface area contributed by atoms with Gasteiger partial charge in [-0.15, -0.1) is 10.2 Å². The van der Waals surface area contributed by atoms with E-state index in [0.29, 0.717) is 35.7 Å². The SMILES string of the molecule is CCCc1nnc(N2C(=O)c3oc4ccc(Cl)cc4c(=O)c3C23C(=O)N(CCC)c2ccccc23)s1. The highest BCUT2D eigenvalue weighted by Crippen LogP contribution is 2.54. The molecule has 2 aliphatic heterocycles. The zero-order valence-electron chi connectivity index (χ0n) is 19.6. The molecule has 1 atom stereocenters. The van der Waals surface area contributed by atoms with Gasteiger partial charge in [0.2, 0.25) is 10.9 Å². The van der Waals surface area contributed by atoms with Gasteiger partial charge in [-0.05, 0) is 37.1 Å². The molecule has 4 aromatic rings. The third kappa shape index (κ3) is 2.90. The van der Waals surface area contributed by atoms with Crippen molar-refractivity contribution in [3.63, 3.8) is 0 Å². The number of anilines is 2. The number of aromatic nitrogens is 2. The Morgan fingerprint density at radius 1 is 1.06 bits per heavy atom. The molecule has 0 N–H and O–H groups in total. The molecular formula is C26H21ClN4O4S. The van der Waals surface area contributed by atoms with E-state index in [1.54, 1.807) is 29.2 Å². The van der Waals surface area contributed by atoms with Gasteiger partial charge in [-0.25, -0.2) is 0 Å². The van der Waals surface area contributed by atoms with E-state index in [1.807, 2.05) is 26.0 Å². The van der Waals surface area contributed by atoms with Crippen LogP contribution in [0.4, 0.5) is 10.8 Å². The number of rotatable bonds is 5. The molecule has 4 heterocycles. The predicted octanol–water partition coefficient (Wildman–Crippen LogP) is 4.91. The summed E-state index contributed by atoms with van der Waals surface area (Å²) >= 11 is 7.44. The molecule has 0 aliphatic carbocycles. The summed E-state index contributed by atoms with van der Waals surface area (Å²) in [5.74, 6) is -1.15. The lowest BCUT2D eigenvalue weighted by Crippen LogP contribution is -2.53. The quantitative estimate of drug-likeness (QED) is 0.371. The van der Waals surface area contributed by atoms with Crippen molar-refractivity contribution in [2.75, 3.05) is 16.3 Å². The summed E-state index contributed by atoms with van der Waals surface area (Å²) in [5, 5.41) is 10.1. The second-order valence-electron chi connectivity index (χ2n) is 8.83. The van der Waals surface area contributed by atoms with E-state index in [0.717, 1.165) is 11.4 Å². The smallest absolute Gasteiger partial charge is 0.297 e. The number of fused-ring (bicyclic) bond motifs is 5. The summed E-state index contributed by atoms with van der Waals surface area (Å²) in [6.07, 6.45) is 2.23. The van der Waals surface area contributed by atoms with E-state index in [1.165, 1.54) is 22.3 Å². The Hall–Kier alpha value is -3.56. The average Bonchev–Trinajstić information content (AvgIpc) is 3.50. The number of hydrogen-bond donors (Lipinski definition) is 0. The van der Waals surface area contributed by atoms with Crippen LogP contribution in [-0.4, -0.2) is 28.6 Å². The molecule has 8 nitrogen and oxygen atoms in total. The molecule has 2 aromatic carbocycles. The van der Waals surface area contributed by atoms with Crippen LogP contribution in [0.3, 0.4) is 0 Å². The first-order chi connectivity index (χ1) is 17.4. The molecule has 0 fully saturated rings. The molecule has 0 bridgehead atoms. The number of amides is 2. The molecule has 1 spiro atoms. The lowest BCUT2D eigenvalue weighted by atomic mass is 9.84. The number of hydrogen-bond acceptors (Lipinski definition) is 7. The predicted molar refractivity (Wildman–Crippen MR) is 138 cm³/mol. The van der Waals surface area contributed by atoms with Crippen LogP contribution in [-0.2, 0) is 16.8 Å². The summed E-state index contributed by atoms with van der Waals surface area (Å²) in [6.45, 7) is 4.42. The van der Waals surface area contributed by atoms with E-state index < -0.39 is 22.8 Å². The van der Waals surface area contributed by atoms with Crippen LogP contribution < -0.4 is 15.2 Å². The molecular weight excluding hydrogens is 500 g/mol. The van der Waals surface area contributed by atoms with Crippen LogP contribution in [0.15, 0.2) is 51.7 Å². The second kappa shape index (κ2) is 8.25. The molecule has 36 heavy (non-hydrogen) atoms. The first-order valence-corrected chi connectivity index (χ1v) is 13.0. The number of carbonyl (C=O) groups is 2. The molecule has 1 unspecified atom stereocenters. The van der Waals surface area contributed by atoms with Crippen LogP contribution in [0.25, 0.3) is 11.0 Å². The number of nitrogens with zero attached hydrogens (tertiary/aromatic N) is 4. The van der Waals surface area contributed by atoms with Crippen molar-refractivity contribution in [1.82, 2.24) is 10.2 Å². The number of benzene rings is 2. The highest BCUT2D eigenvalue weighted by molar-refractivity contribution is 7.15. The van der Waals surface area contributed by atoms with Gasteiger partial charge in [-0.3, -0.25) is 19.3 Å². The monoisotopic (exact) mass is 520 g/mol. The van der Waals surface area contributed by atoms with E-state index in [-0.39, 0.29) is 27.4 Å². The summed E-state index contributed by atoms with van der Waals surface area (Å²) in [5.41, 5.74) is -0.815. The van der Waals surface area contributed by atoms with Gasteiger partial charge in [0, 0.05) is 23.6 Å². The van der Waals surface area contributed by atoms with Gasteiger partial charge in [0.1, 0.15) is 10.6 Å². The van der Waals surface area contributed by atoms with Crippen molar-refractivity contribution in [3.8, 4) is 0 Å². The standard InChI is InChI=1S/C26H21ClN4O4S/c1-3-7-19-28-29-25(36-19)31-23(33)22-20(21(32)15-13-14(27)10-11-18(15)35-22)26(31)16-8-5-6-9-17(16)30(12-4-2)24(26)34/h5-6,8-11,13H,3-4,7,12H2,1-2H3. The topological polar surface area (TPSA) is 96.6 Å². The lowest BCUT2D eigenvalue weighted by Gasteiger charge is -2.32. The van der Waals surface area contributed by atoms with Crippen LogP contribution in [0.2, 0.25) is 5.02 Å². The van der Waals surface area contributed by atoms with Gasteiger partial charge in [0.05, 0.1) is 16.6 Å². The Labute approximate surface area is 215 Å². The minimum absolute atomic E-state index is 0.00874. The molecule has 2 amide bonds. The lowest BCUT2D eigenvalue weighted by molar-refractivity contribution is -0.121. The van der Waals surface area contributed by atoms with Gasteiger partial charge in [0.15, 0.2) is 11.0 Å². The maximum atomic E-state index is 14.4. The summed E-state index contributed by atoms with van der Waals surface area (Å²) < 4.78 is 6.04. The number of carbonyl (C=O) groups excluding carboxylic acids is 2. The summed E-state index contributed by atoms with van der Waals surface area (Å²) in [7, 11) is 0. The fourth-order valence-electron chi connectivity index (χ4n) is 5.23. The van der Waals surface area contributed by atoms with Crippen molar-refractivity contribution in [3.05, 3.63) is 79.6 Å². The number of aryl methyl sites for hydroxylation is 1. The number of para-hydroxylation sites is 1. The van der Waals surface area contributed by atoms with Crippen molar-refractivity contribution in [2.45, 2.75) is 38.6 Å². The largest absolute Gasteiger partial charge is 0.450 e. The first-order valence-electron chi connectivity index (χ1n) is 11.8. The fourth-order valence-corrected chi connectivity index (χ4v) is 6.39. The maximum absolute atomic E-state index is 14.4. The van der Waals surface area contributed by atoms with Crippen LogP contribution in [0.5, 0.6) is 0 Å². The minimum atomic E-state index is -1.75. The average molecular weight is 521 g/mol. The van der Waals surface area contributed by atoms with Crippen molar-refractivity contribution >= 4 is 56.5 Å². The van der Waals surface area contributed by atoms with Crippen LogP contribution in [0, 0.1) is 0 Å². The molecule has 2 aliphatic rings. The second-order valence-corrected chi connectivity index (χ2v) is 10.3. The molecule has 6 rings (SSSR count). The van der Waals surface area contributed by atoms with Gasteiger partial charge in [0.25, 0.3) is 11.8 Å². The summed E-state index contributed by atoms with van der Waals surface area (Å²) in [6, 6.07) is 11.9. The number of halogens is 1. The van der Waals surface area contributed by atoms with E-state index >= 15 is 0 Å². The fraction of sp³-hybridized carbons (Fsp3) is 0.269. The molecule has 0 radical (unpaired) electrons. The van der Waals surface area contributed by atoms with E-state index in [4.69, 9.17) is 16.0 Å². The van der Waals surface area contributed by atoms with Gasteiger partial charge < -0.3 is 9.32 Å². The molecule has 182 valence electrons. The van der Waals surface area contributed by atoms with Gasteiger partial charge >= 0.3 is 0 Å². The molecule has 0 saturated heterocycles. The van der Waals surface area contributed by atoms with Gasteiger partial charge in [-0.2, -0.15) is 0 Å². The van der Waals surface area contributed by atoms with Crippen LogP contribution >= 0.6 is 22.9 Å². The van der Waals surface area contributed by atoms with E-state index in [9.17, 15) is 14.4 Å². The zero-order valence-corrected chi connectivity index (χ0v) is 21.2. The summed E-state index contributed by atoms with van der Waals surface area (Å²) in [4.78, 5) is 45.5.